The molecule has 22 heavy (non-hydrogen) atoms. The van der Waals surface area contributed by atoms with Crippen LogP contribution in [0.2, 0.25) is 0 Å². The van der Waals surface area contributed by atoms with E-state index in [1.807, 2.05) is 0 Å². The number of carbonyl (C=O) groups excluding carboxylic acids is 1. The summed E-state index contributed by atoms with van der Waals surface area (Å²) in [4.78, 5) is 13.5. The lowest BCUT2D eigenvalue weighted by Crippen LogP contribution is -2.33. The SMILES string of the molecule is C=CC(=O)N[C@H]1[C@@H]2CN(Cc3ccc(C(F)(F)F)cc3)C[C@@H]21. The van der Waals surface area contributed by atoms with Gasteiger partial charge in [0, 0.05) is 25.7 Å². The molecule has 1 aromatic rings. The zero-order valence-electron chi connectivity index (χ0n) is 11.9. The van der Waals surface area contributed by atoms with Crippen molar-refractivity contribution in [2.75, 3.05) is 13.1 Å². The normalized spacial score (nSPS) is 27.3. The van der Waals surface area contributed by atoms with Crippen molar-refractivity contribution < 1.29 is 18.0 Å². The number of hydrogen-bond acceptors (Lipinski definition) is 2. The Labute approximate surface area is 126 Å². The lowest BCUT2D eigenvalue weighted by atomic mass is 10.1. The van der Waals surface area contributed by atoms with Crippen molar-refractivity contribution in [1.82, 2.24) is 10.2 Å². The lowest BCUT2D eigenvalue weighted by Gasteiger charge is -2.20. The smallest absolute Gasteiger partial charge is 0.349 e. The number of piperidine rings is 1. The molecule has 1 saturated carbocycles. The largest absolute Gasteiger partial charge is 0.416 e. The van der Waals surface area contributed by atoms with Crippen LogP contribution in [0, 0.1) is 11.8 Å². The van der Waals surface area contributed by atoms with E-state index in [4.69, 9.17) is 0 Å². The minimum atomic E-state index is -4.29. The van der Waals surface area contributed by atoms with Crippen LogP contribution in [0.4, 0.5) is 13.2 Å². The van der Waals surface area contributed by atoms with Crippen molar-refractivity contribution in [2.45, 2.75) is 18.8 Å². The van der Waals surface area contributed by atoms with E-state index < -0.39 is 11.7 Å². The van der Waals surface area contributed by atoms with Crippen molar-refractivity contribution >= 4 is 5.91 Å². The van der Waals surface area contributed by atoms with E-state index >= 15 is 0 Å². The fourth-order valence-electron chi connectivity index (χ4n) is 3.24. The van der Waals surface area contributed by atoms with Crippen molar-refractivity contribution in [2.24, 2.45) is 11.8 Å². The van der Waals surface area contributed by atoms with Crippen molar-refractivity contribution in [3.8, 4) is 0 Å². The van der Waals surface area contributed by atoms with Gasteiger partial charge in [-0.25, -0.2) is 0 Å². The fourth-order valence-corrected chi connectivity index (χ4v) is 3.24. The number of alkyl halides is 3. The van der Waals surface area contributed by atoms with Gasteiger partial charge in [-0.2, -0.15) is 13.2 Å². The predicted molar refractivity (Wildman–Crippen MR) is 75.8 cm³/mol. The molecule has 1 aromatic carbocycles. The van der Waals surface area contributed by atoms with Gasteiger partial charge in [-0.1, -0.05) is 18.7 Å². The van der Waals surface area contributed by atoms with Crippen LogP contribution in [0.15, 0.2) is 36.9 Å². The molecule has 2 aliphatic rings. The molecule has 0 aromatic heterocycles. The highest BCUT2D eigenvalue weighted by Crippen LogP contribution is 2.45. The second kappa shape index (κ2) is 5.43. The molecule has 1 aliphatic heterocycles. The first-order chi connectivity index (χ1) is 10.4. The van der Waals surface area contributed by atoms with Crippen molar-refractivity contribution in [3.05, 3.63) is 48.0 Å². The number of carbonyl (C=O) groups is 1. The molecule has 1 N–H and O–H groups in total. The van der Waals surface area contributed by atoms with Crippen LogP contribution in [0.25, 0.3) is 0 Å². The Hall–Kier alpha value is -1.82. The van der Waals surface area contributed by atoms with E-state index in [2.05, 4.69) is 16.8 Å². The number of benzene rings is 1. The molecule has 1 amide bonds. The Morgan fingerprint density at radius 3 is 2.36 bits per heavy atom. The number of halogens is 3. The summed E-state index contributed by atoms with van der Waals surface area (Å²) in [6.45, 7) is 5.81. The number of hydrogen-bond donors (Lipinski definition) is 1. The molecule has 0 spiro atoms. The number of nitrogens with zero attached hydrogens (tertiary/aromatic N) is 1. The van der Waals surface area contributed by atoms with E-state index in [1.165, 1.54) is 18.2 Å². The topological polar surface area (TPSA) is 32.3 Å². The molecular formula is C16H17F3N2O. The number of amides is 1. The zero-order valence-corrected chi connectivity index (χ0v) is 11.9. The summed E-state index contributed by atoms with van der Waals surface area (Å²) in [5.74, 6) is 0.769. The predicted octanol–water partition coefficient (Wildman–Crippen LogP) is 2.44. The molecule has 118 valence electrons. The first-order valence-electron chi connectivity index (χ1n) is 7.20. The summed E-state index contributed by atoms with van der Waals surface area (Å²) >= 11 is 0. The Balaban J connectivity index is 1.51. The van der Waals surface area contributed by atoms with Crippen LogP contribution in [0.5, 0.6) is 0 Å². The Morgan fingerprint density at radius 1 is 1.27 bits per heavy atom. The summed E-state index contributed by atoms with van der Waals surface area (Å²) < 4.78 is 37.5. The van der Waals surface area contributed by atoms with Crippen LogP contribution >= 0.6 is 0 Å². The van der Waals surface area contributed by atoms with Gasteiger partial charge < -0.3 is 5.32 Å². The third kappa shape index (κ3) is 3.02. The van der Waals surface area contributed by atoms with E-state index in [9.17, 15) is 18.0 Å². The van der Waals surface area contributed by atoms with Gasteiger partial charge >= 0.3 is 6.18 Å². The zero-order chi connectivity index (χ0) is 15.9. The summed E-state index contributed by atoms with van der Waals surface area (Å²) in [5, 5.41) is 2.91. The van der Waals surface area contributed by atoms with E-state index in [0.29, 0.717) is 18.4 Å². The van der Waals surface area contributed by atoms with Gasteiger partial charge in [0.15, 0.2) is 0 Å². The first kappa shape index (κ1) is 15.1. The van der Waals surface area contributed by atoms with Gasteiger partial charge in [-0.15, -0.1) is 0 Å². The van der Waals surface area contributed by atoms with Gasteiger partial charge in [0.05, 0.1) is 5.56 Å². The molecule has 1 heterocycles. The van der Waals surface area contributed by atoms with Crippen molar-refractivity contribution in [1.29, 1.82) is 0 Å². The Morgan fingerprint density at radius 2 is 1.86 bits per heavy atom. The monoisotopic (exact) mass is 310 g/mol. The molecule has 3 rings (SSSR count). The van der Waals surface area contributed by atoms with E-state index in [1.54, 1.807) is 0 Å². The van der Waals surface area contributed by atoms with Crippen LogP contribution in [0.3, 0.4) is 0 Å². The average molecular weight is 310 g/mol. The van der Waals surface area contributed by atoms with E-state index in [-0.39, 0.29) is 11.9 Å². The quantitative estimate of drug-likeness (QED) is 0.866. The van der Waals surface area contributed by atoms with Gasteiger partial charge in [-0.3, -0.25) is 9.69 Å². The molecule has 3 atom stereocenters. The van der Waals surface area contributed by atoms with Crippen molar-refractivity contribution in [3.63, 3.8) is 0 Å². The highest BCUT2D eigenvalue weighted by atomic mass is 19.4. The van der Waals surface area contributed by atoms with E-state index in [0.717, 1.165) is 30.8 Å². The third-order valence-corrected chi connectivity index (χ3v) is 4.45. The highest BCUT2D eigenvalue weighted by molar-refractivity contribution is 5.87. The summed E-state index contributed by atoms with van der Waals surface area (Å²) in [6.07, 6.45) is -3.02. The standard InChI is InChI=1S/C16H17F3N2O/c1-2-14(22)20-15-12-8-21(9-13(12)15)7-10-3-5-11(6-4-10)16(17,18)19/h2-6,12-13,15H,1,7-9H2,(H,20,22)/t12-,13+,15+. The Bertz CT molecular complexity index is 570. The van der Waals surface area contributed by atoms with Crippen LogP contribution in [-0.2, 0) is 17.5 Å². The molecule has 1 saturated heterocycles. The fraction of sp³-hybridized carbons (Fsp3) is 0.438. The summed E-state index contributed by atoms with van der Waals surface area (Å²) in [5.41, 5.74) is 0.258. The molecule has 1 aliphatic carbocycles. The lowest BCUT2D eigenvalue weighted by molar-refractivity contribution is -0.137. The second-order valence-electron chi connectivity index (χ2n) is 5.95. The Kier molecular flexibility index (Phi) is 3.72. The maximum absolute atomic E-state index is 12.5. The first-order valence-corrected chi connectivity index (χ1v) is 7.20. The maximum Gasteiger partial charge on any atom is 0.416 e. The maximum atomic E-state index is 12.5. The molecule has 2 fully saturated rings. The summed E-state index contributed by atoms with van der Waals surface area (Å²) in [6, 6.07) is 5.54. The summed E-state index contributed by atoms with van der Waals surface area (Å²) in [7, 11) is 0. The van der Waals surface area contributed by atoms with Gasteiger partial charge in [0.1, 0.15) is 0 Å². The average Bonchev–Trinajstić information content (AvgIpc) is 2.92. The molecule has 3 nitrogen and oxygen atoms in total. The number of rotatable bonds is 4. The highest BCUT2D eigenvalue weighted by Gasteiger charge is 2.56. The minimum absolute atomic E-state index is 0.145. The number of nitrogens with one attached hydrogen (secondary N) is 1. The van der Waals surface area contributed by atoms with Crippen LogP contribution in [-0.4, -0.2) is 29.9 Å². The number of fused-ring (bicyclic) bond motifs is 1. The van der Waals surface area contributed by atoms with Crippen LogP contribution in [0.1, 0.15) is 11.1 Å². The molecule has 0 bridgehead atoms. The second-order valence-corrected chi connectivity index (χ2v) is 5.95. The van der Waals surface area contributed by atoms with Gasteiger partial charge in [-0.05, 0) is 35.6 Å². The number of likely N-dealkylation sites (tertiary alicyclic amines) is 1. The molecule has 0 radical (unpaired) electrons. The third-order valence-electron chi connectivity index (χ3n) is 4.45. The van der Waals surface area contributed by atoms with Gasteiger partial charge in [0.25, 0.3) is 0 Å². The minimum Gasteiger partial charge on any atom is -0.349 e. The van der Waals surface area contributed by atoms with Gasteiger partial charge in [0.2, 0.25) is 5.91 Å². The molecular weight excluding hydrogens is 293 g/mol. The van der Waals surface area contributed by atoms with Crippen LogP contribution < -0.4 is 5.32 Å². The molecule has 0 unspecified atom stereocenters. The molecule has 6 heteroatoms.